The van der Waals surface area contributed by atoms with Crippen molar-refractivity contribution in [3.63, 3.8) is 0 Å². The van der Waals surface area contributed by atoms with Gasteiger partial charge < -0.3 is 0 Å². The number of halogens is 2. The number of allylic oxidation sites excluding steroid dienone is 4. The van der Waals surface area contributed by atoms with Crippen LogP contribution in [0.4, 0.5) is 4.39 Å². The Morgan fingerprint density at radius 1 is 1.53 bits per heavy atom. The van der Waals surface area contributed by atoms with E-state index in [2.05, 4.69) is 41.1 Å². The number of nitrogens with zero attached hydrogens (tertiary/aromatic N) is 1. The zero-order chi connectivity index (χ0) is 13.3. The molecule has 0 amide bonds. The third-order valence-corrected chi connectivity index (χ3v) is 3.87. The second kappa shape index (κ2) is 5.27. The van der Waals surface area contributed by atoms with Crippen LogP contribution in [0.5, 0.6) is 0 Å². The first kappa shape index (κ1) is 15.0. The predicted octanol–water partition coefficient (Wildman–Crippen LogP) is 5.09. The number of hydrogen-bond donors (Lipinski definition) is 0. The summed E-state index contributed by atoms with van der Waals surface area (Å²) in [5, 5.41) is 0. The van der Waals surface area contributed by atoms with Crippen molar-refractivity contribution in [3.05, 3.63) is 22.7 Å². The molecule has 0 aliphatic heterocycles. The van der Waals surface area contributed by atoms with Gasteiger partial charge in [-0.1, -0.05) is 22.0 Å². The average Bonchev–Trinajstić information content (AvgIpc) is 2.17. The van der Waals surface area contributed by atoms with Gasteiger partial charge in [0.2, 0.25) is 0 Å². The van der Waals surface area contributed by atoms with Crippen molar-refractivity contribution in [2.75, 3.05) is 0 Å². The molecule has 2 unspecified atom stereocenters. The van der Waals surface area contributed by atoms with Crippen molar-refractivity contribution >= 4 is 33.6 Å². The van der Waals surface area contributed by atoms with Gasteiger partial charge in [-0.15, -0.1) is 0 Å². The number of rotatable bonds is 2. The Morgan fingerprint density at radius 3 is 2.65 bits per heavy atom. The summed E-state index contributed by atoms with van der Waals surface area (Å²) in [6.45, 7) is 9.75. The number of hydrogen-bond acceptors (Lipinski definition) is 2. The van der Waals surface area contributed by atoms with Gasteiger partial charge in [0.15, 0.2) is 0 Å². The van der Waals surface area contributed by atoms with E-state index in [-0.39, 0.29) is 10.7 Å². The van der Waals surface area contributed by atoms with Gasteiger partial charge in [-0.2, -0.15) is 0 Å². The van der Waals surface area contributed by atoms with Gasteiger partial charge in [-0.25, -0.2) is 8.79 Å². The van der Waals surface area contributed by atoms with Gasteiger partial charge in [0.05, 0.1) is 5.92 Å². The molecule has 0 aromatic heterocycles. The van der Waals surface area contributed by atoms with Gasteiger partial charge >= 0.3 is 0 Å². The molecule has 0 spiro atoms. The van der Waals surface area contributed by atoms with E-state index >= 15 is 0 Å². The molecule has 0 fully saturated rings. The third-order valence-electron chi connectivity index (χ3n) is 2.42. The van der Waals surface area contributed by atoms with Gasteiger partial charge in [0, 0.05) is 14.9 Å². The van der Waals surface area contributed by atoms with Crippen molar-refractivity contribution < 1.29 is 4.39 Å². The highest BCUT2D eigenvalue weighted by molar-refractivity contribution is 9.11. The fourth-order valence-electron chi connectivity index (χ4n) is 1.52. The molecule has 0 aromatic carbocycles. The van der Waals surface area contributed by atoms with Crippen LogP contribution >= 0.6 is 27.9 Å². The SMILES string of the molecule is CC(=NSC(C)(C)C)C1C=C(Br)C=CC1(C)F. The zero-order valence-corrected chi connectivity index (χ0v) is 13.3. The molecule has 0 bridgehead atoms. The second-order valence-corrected chi connectivity index (χ2v) is 7.96. The van der Waals surface area contributed by atoms with Crippen LogP contribution in [0.25, 0.3) is 0 Å². The summed E-state index contributed by atoms with van der Waals surface area (Å²) in [6.07, 6.45) is 5.21. The molecular weight excluding hydrogens is 301 g/mol. The van der Waals surface area contributed by atoms with E-state index in [1.54, 1.807) is 19.1 Å². The highest BCUT2D eigenvalue weighted by atomic mass is 79.9. The van der Waals surface area contributed by atoms with Crippen LogP contribution in [0.2, 0.25) is 0 Å². The van der Waals surface area contributed by atoms with E-state index in [4.69, 9.17) is 0 Å². The van der Waals surface area contributed by atoms with Crippen molar-refractivity contribution in [3.8, 4) is 0 Å². The van der Waals surface area contributed by atoms with Crippen LogP contribution in [0.3, 0.4) is 0 Å². The van der Waals surface area contributed by atoms with Crippen molar-refractivity contribution in [1.82, 2.24) is 0 Å². The zero-order valence-electron chi connectivity index (χ0n) is 10.9. The molecule has 0 aromatic rings. The summed E-state index contributed by atoms with van der Waals surface area (Å²) < 4.78 is 19.7. The molecule has 1 rings (SSSR count). The average molecular weight is 320 g/mol. The minimum Gasteiger partial charge on any atom is -0.239 e. The molecule has 4 heteroatoms. The summed E-state index contributed by atoms with van der Waals surface area (Å²) in [6, 6.07) is 0. The Balaban J connectivity index is 2.88. The predicted molar refractivity (Wildman–Crippen MR) is 79.6 cm³/mol. The first-order valence-electron chi connectivity index (χ1n) is 5.60. The van der Waals surface area contributed by atoms with E-state index in [0.717, 1.165) is 10.2 Å². The molecule has 1 aliphatic rings. The lowest BCUT2D eigenvalue weighted by Gasteiger charge is -2.28. The molecule has 0 saturated carbocycles. The minimum atomic E-state index is -1.36. The summed E-state index contributed by atoms with van der Waals surface area (Å²) in [5.41, 5.74) is -0.542. The fourth-order valence-corrected chi connectivity index (χ4v) is 2.45. The summed E-state index contributed by atoms with van der Waals surface area (Å²) in [7, 11) is 0. The quantitative estimate of drug-likeness (QED) is 0.510. The maximum atomic E-state index is 14.3. The molecule has 1 aliphatic carbocycles. The first-order chi connectivity index (χ1) is 7.62. The normalized spacial score (nSPS) is 30.4. The molecule has 1 nitrogen and oxygen atoms in total. The van der Waals surface area contributed by atoms with E-state index in [1.165, 1.54) is 11.9 Å². The van der Waals surface area contributed by atoms with Crippen LogP contribution in [0.15, 0.2) is 27.1 Å². The maximum absolute atomic E-state index is 14.3. The minimum absolute atomic E-state index is 0.0550. The van der Waals surface area contributed by atoms with Crippen LogP contribution in [-0.2, 0) is 0 Å². The van der Waals surface area contributed by atoms with Crippen LogP contribution in [-0.4, -0.2) is 16.1 Å². The Bertz CT molecular complexity index is 377. The van der Waals surface area contributed by atoms with Gasteiger partial charge in [0.25, 0.3) is 0 Å². The molecule has 0 saturated heterocycles. The van der Waals surface area contributed by atoms with E-state index < -0.39 is 5.67 Å². The standard InChI is InChI=1S/C13H19BrFNS/c1-9(16-17-12(2,3)4)11-8-10(14)6-7-13(11,5)15/h6-8,11H,1-5H3. The van der Waals surface area contributed by atoms with E-state index in [1.807, 2.05) is 13.0 Å². The smallest absolute Gasteiger partial charge is 0.138 e. The fraction of sp³-hybridized carbons (Fsp3) is 0.615. The lowest BCUT2D eigenvalue weighted by atomic mass is 9.84. The molecule has 17 heavy (non-hydrogen) atoms. The Labute approximate surface area is 116 Å². The summed E-state index contributed by atoms with van der Waals surface area (Å²) >= 11 is 4.87. The highest BCUT2D eigenvalue weighted by Gasteiger charge is 2.34. The maximum Gasteiger partial charge on any atom is 0.138 e. The van der Waals surface area contributed by atoms with Crippen LogP contribution < -0.4 is 0 Å². The lowest BCUT2D eigenvalue weighted by Crippen LogP contribution is -2.33. The summed E-state index contributed by atoms with van der Waals surface area (Å²) in [5.74, 6) is -0.295. The molecular formula is C13H19BrFNS. The Morgan fingerprint density at radius 2 is 2.12 bits per heavy atom. The van der Waals surface area contributed by atoms with Crippen molar-refractivity contribution in [2.45, 2.75) is 45.0 Å². The van der Waals surface area contributed by atoms with Gasteiger partial charge in [0.1, 0.15) is 5.67 Å². The second-order valence-electron chi connectivity index (χ2n) is 5.45. The van der Waals surface area contributed by atoms with Crippen LogP contribution in [0.1, 0.15) is 34.6 Å². The monoisotopic (exact) mass is 319 g/mol. The molecule has 96 valence electrons. The largest absolute Gasteiger partial charge is 0.239 e. The molecule has 2 atom stereocenters. The van der Waals surface area contributed by atoms with Gasteiger partial charge in [-0.3, -0.25) is 0 Å². The van der Waals surface area contributed by atoms with E-state index in [0.29, 0.717) is 0 Å². The first-order valence-corrected chi connectivity index (χ1v) is 7.16. The third kappa shape index (κ3) is 4.59. The molecule has 0 heterocycles. The summed E-state index contributed by atoms with van der Waals surface area (Å²) in [4.78, 5) is 0. The van der Waals surface area contributed by atoms with Crippen LogP contribution in [0, 0.1) is 5.92 Å². The highest BCUT2D eigenvalue weighted by Crippen LogP contribution is 2.35. The topological polar surface area (TPSA) is 12.4 Å². The van der Waals surface area contributed by atoms with Gasteiger partial charge in [-0.05, 0) is 58.7 Å². The van der Waals surface area contributed by atoms with E-state index in [9.17, 15) is 4.39 Å². The molecule has 0 radical (unpaired) electrons. The Hall–Kier alpha value is -0.0900. The lowest BCUT2D eigenvalue weighted by molar-refractivity contribution is 0.226. The number of alkyl halides is 1. The van der Waals surface area contributed by atoms with Crippen molar-refractivity contribution in [2.24, 2.45) is 10.3 Å². The Kier molecular flexibility index (Phi) is 4.64. The molecule has 0 N–H and O–H groups in total. The van der Waals surface area contributed by atoms with Crippen molar-refractivity contribution in [1.29, 1.82) is 0 Å².